The summed E-state index contributed by atoms with van der Waals surface area (Å²) < 4.78 is 5.49. The van der Waals surface area contributed by atoms with Crippen molar-refractivity contribution in [1.29, 1.82) is 0 Å². The Morgan fingerprint density at radius 3 is 2.35 bits per heavy atom. The monoisotopic (exact) mass is 353 g/mol. The fourth-order valence-electron chi connectivity index (χ4n) is 3.16. The highest BCUT2D eigenvalue weighted by Crippen LogP contribution is 2.20. The molecule has 26 heavy (non-hydrogen) atoms. The van der Waals surface area contributed by atoms with Gasteiger partial charge in [-0.2, -0.15) is 0 Å². The van der Waals surface area contributed by atoms with Gasteiger partial charge in [0.15, 0.2) is 0 Å². The van der Waals surface area contributed by atoms with Crippen molar-refractivity contribution >= 4 is 11.7 Å². The quantitative estimate of drug-likeness (QED) is 0.868. The van der Waals surface area contributed by atoms with Gasteiger partial charge in [-0.25, -0.2) is 4.79 Å². The molecule has 2 amide bonds. The lowest BCUT2D eigenvalue weighted by atomic mass is 10.1. The summed E-state index contributed by atoms with van der Waals surface area (Å²) in [7, 11) is 0. The van der Waals surface area contributed by atoms with Crippen LogP contribution in [-0.4, -0.2) is 50.3 Å². The predicted molar refractivity (Wildman–Crippen MR) is 105 cm³/mol. The molecule has 1 fully saturated rings. The SMILES string of the molecule is CCOc1ccc(N2CCN(C(=O)NCCc3ccccc3)CC2)cc1. The number of urea groups is 1. The van der Waals surface area contributed by atoms with Crippen LogP contribution in [-0.2, 0) is 6.42 Å². The Morgan fingerprint density at radius 2 is 1.69 bits per heavy atom. The molecule has 3 rings (SSSR count). The normalized spacial score (nSPS) is 14.2. The molecule has 138 valence electrons. The fraction of sp³-hybridized carbons (Fsp3) is 0.381. The van der Waals surface area contributed by atoms with Crippen molar-refractivity contribution in [2.45, 2.75) is 13.3 Å². The van der Waals surface area contributed by atoms with Gasteiger partial charge in [0, 0.05) is 38.4 Å². The smallest absolute Gasteiger partial charge is 0.317 e. The lowest BCUT2D eigenvalue weighted by Gasteiger charge is -2.36. The Labute approximate surface area is 155 Å². The van der Waals surface area contributed by atoms with Gasteiger partial charge in [0.1, 0.15) is 5.75 Å². The number of amides is 2. The van der Waals surface area contributed by atoms with E-state index in [2.05, 4.69) is 34.5 Å². The zero-order valence-electron chi connectivity index (χ0n) is 15.4. The Hall–Kier alpha value is -2.69. The van der Waals surface area contributed by atoms with Gasteiger partial charge in [-0.05, 0) is 43.2 Å². The van der Waals surface area contributed by atoms with Crippen LogP contribution in [0.25, 0.3) is 0 Å². The lowest BCUT2D eigenvalue weighted by Crippen LogP contribution is -2.52. The van der Waals surface area contributed by atoms with Crippen molar-refractivity contribution in [3.8, 4) is 5.75 Å². The molecule has 5 heteroatoms. The first-order valence-corrected chi connectivity index (χ1v) is 9.31. The highest BCUT2D eigenvalue weighted by molar-refractivity contribution is 5.74. The maximum Gasteiger partial charge on any atom is 0.317 e. The minimum atomic E-state index is 0.0345. The van der Waals surface area contributed by atoms with Crippen molar-refractivity contribution in [1.82, 2.24) is 10.2 Å². The number of hydrogen-bond acceptors (Lipinski definition) is 3. The van der Waals surface area contributed by atoms with Crippen LogP contribution in [0.1, 0.15) is 12.5 Å². The molecular formula is C21H27N3O2. The second-order valence-electron chi connectivity index (χ2n) is 6.37. The number of carbonyl (C=O) groups excluding carboxylic acids is 1. The van der Waals surface area contributed by atoms with Crippen molar-refractivity contribution in [2.24, 2.45) is 0 Å². The molecule has 1 aliphatic heterocycles. The summed E-state index contributed by atoms with van der Waals surface area (Å²) in [6, 6.07) is 18.4. The van der Waals surface area contributed by atoms with Crippen molar-refractivity contribution in [3.63, 3.8) is 0 Å². The average Bonchev–Trinajstić information content (AvgIpc) is 2.70. The van der Waals surface area contributed by atoms with Gasteiger partial charge >= 0.3 is 6.03 Å². The minimum Gasteiger partial charge on any atom is -0.494 e. The first-order chi connectivity index (χ1) is 12.8. The first-order valence-electron chi connectivity index (χ1n) is 9.31. The number of nitrogens with one attached hydrogen (secondary N) is 1. The van der Waals surface area contributed by atoms with Crippen LogP contribution in [0, 0.1) is 0 Å². The Kier molecular flexibility index (Phi) is 6.36. The number of piperazine rings is 1. The van der Waals surface area contributed by atoms with E-state index in [0.717, 1.165) is 38.3 Å². The summed E-state index contributed by atoms with van der Waals surface area (Å²) in [6.45, 7) is 6.51. The van der Waals surface area contributed by atoms with E-state index in [9.17, 15) is 4.79 Å². The summed E-state index contributed by atoms with van der Waals surface area (Å²) in [5.74, 6) is 0.896. The van der Waals surface area contributed by atoms with Crippen LogP contribution in [0.3, 0.4) is 0 Å². The summed E-state index contributed by atoms with van der Waals surface area (Å²) in [5, 5.41) is 3.03. The van der Waals surface area contributed by atoms with E-state index in [0.29, 0.717) is 13.2 Å². The molecule has 5 nitrogen and oxygen atoms in total. The molecule has 0 aromatic heterocycles. The number of anilines is 1. The standard InChI is InChI=1S/C21H27N3O2/c1-2-26-20-10-8-19(9-11-20)23-14-16-24(17-15-23)21(25)22-13-12-18-6-4-3-5-7-18/h3-11H,2,12-17H2,1H3,(H,22,25). The number of ether oxygens (including phenoxy) is 1. The highest BCUT2D eigenvalue weighted by Gasteiger charge is 2.20. The maximum atomic E-state index is 12.3. The molecule has 0 spiro atoms. The molecule has 0 bridgehead atoms. The summed E-state index contributed by atoms with van der Waals surface area (Å²) in [5.41, 5.74) is 2.42. The molecule has 1 saturated heterocycles. The summed E-state index contributed by atoms with van der Waals surface area (Å²) in [4.78, 5) is 16.5. The summed E-state index contributed by atoms with van der Waals surface area (Å²) >= 11 is 0. The van der Waals surface area contributed by atoms with Crippen LogP contribution < -0.4 is 15.0 Å². The number of rotatable bonds is 6. The molecule has 2 aromatic carbocycles. The van der Waals surface area contributed by atoms with Crippen molar-refractivity contribution in [3.05, 3.63) is 60.2 Å². The van der Waals surface area contributed by atoms with Gasteiger partial charge in [0.25, 0.3) is 0 Å². The van der Waals surface area contributed by atoms with Crippen LogP contribution in [0.5, 0.6) is 5.75 Å². The molecule has 2 aromatic rings. The third-order valence-corrected chi connectivity index (χ3v) is 4.61. The van der Waals surface area contributed by atoms with Crippen molar-refractivity contribution < 1.29 is 9.53 Å². The van der Waals surface area contributed by atoms with Crippen LogP contribution in [0.2, 0.25) is 0 Å². The van der Waals surface area contributed by atoms with E-state index in [1.54, 1.807) is 0 Å². The number of carbonyl (C=O) groups is 1. The summed E-state index contributed by atoms with van der Waals surface area (Å²) in [6.07, 6.45) is 0.860. The van der Waals surface area contributed by atoms with Crippen LogP contribution in [0.4, 0.5) is 10.5 Å². The molecule has 0 aliphatic carbocycles. The van der Waals surface area contributed by atoms with Crippen molar-refractivity contribution in [2.75, 3.05) is 44.2 Å². The molecule has 1 aliphatic rings. The molecule has 1 N–H and O–H groups in total. The number of hydrogen-bond donors (Lipinski definition) is 1. The largest absolute Gasteiger partial charge is 0.494 e. The zero-order valence-corrected chi connectivity index (χ0v) is 15.4. The molecule has 0 atom stereocenters. The van der Waals surface area contributed by atoms with Gasteiger partial charge in [-0.3, -0.25) is 0 Å². The highest BCUT2D eigenvalue weighted by atomic mass is 16.5. The van der Waals surface area contributed by atoms with E-state index in [1.807, 2.05) is 42.2 Å². The van der Waals surface area contributed by atoms with Crippen LogP contribution in [0.15, 0.2) is 54.6 Å². The van der Waals surface area contributed by atoms with E-state index in [-0.39, 0.29) is 6.03 Å². The molecule has 0 unspecified atom stereocenters. The fourth-order valence-corrected chi connectivity index (χ4v) is 3.16. The molecule has 1 heterocycles. The molecular weight excluding hydrogens is 326 g/mol. The van der Waals surface area contributed by atoms with E-state index in [1.165, 1.54) is 11.3 Å². The van der Waals surface area contributed by atoms with E-state index >= 15 is 0 Å². The van der Waals surface area contributed by atoms with Gasteiger partial charge in [0.2, 0.25) is 0 Å². The number of nitrogens with zero attached hydrogens (tertiary/aromatic N) is 2. The minimum absolute atomic E-state index is 0.0345. The van der Waals surface area contributed by atoms with Gasteiger partial charge in [-0.1, -0.05) is 30.3 Å². The zero-order chi connectivity index (χ0) is 18.2. The van der Waals surface area contributed by atoms with Gasteiger partial charge < -0.3 is 19.9 Å². The maximum absolute atomic E-state index is 12.3. The van der Waals surface area contributed by atoms with E-state index in [4.69, 9.17) is 4.74 Å². The van der Waals surface area contributed by atoms with Gasteiger partial charge in [0.05, 0.1) is 6.61 Å². The second kappa shape index (κ2) is 9.13. The van der Waals surface area contributed by atoms with Crippen LogP contribution >= 0.6 is 0 Å². The Morgan fingerprint density at radius 1 is 1.00 bits per heavy atom. The lowest BCUT2D eigenvalue weighted by molar-refractivity contribution is 0.194. The van der Waals surface area contributed by atoms with E-state index < -0.39 is 0 Å². The second-order valence-corrected chi connectivity index (χ2v) is 6.37. The Bertz CT molecular complexity index is 680. The topological polar surface area (TPSA) is 44.8 Å². The molecule has 0 saturated carbocycles. The average molecular weight is 353 g/mol. The molecule has 0 radical (unpaired) electrons. The third kappa shape index (κ3) is 4.91. The first kappa shape index (κ1) is 18.1. The number of benzene rings is 2. The predicted octanol–water partition coefficient (Wildman–Crippen LogP) is 3.16. The third-order valence-electron chi connectivity index (χ3n) is 4.61. The van der Waals surface area contributed by atoms with Gasteiger partial charge in [-0.15, -0.1) is 0 Å². The Balaban J connectivity index is 1.42.